The highest BCUT2D eigenvalue weighted by atomic mass is 32.2. The topological polar surface area (TPSA) is 130 Å². The first kappa shape index (κ1) is 17.1. The molecule has 0 saturated carbocycles. The van der Waals surface area contributed by atoms with E-state index in [-0.39, 0.29) is 30.6 Å². The van der Waals surface area contributed by atoms with Gasteiger partial charge in [0.05, 0.1) is 0 Å². The molecule has 2 heterocycles. The van der Waals surface area contributed by atoms with Crippen molar-refractivity contribution in [2.45, 2.75) is 17.9 Å². The van der Waals surface area contributed by atoms with Gasteiger partial charge in [-0.15, -0.1) is 0 Å². The maximum atomic E-state index is 12.8. The molecular formula is C16H16N4O4S. The van der Waals surface area contributed by atoms with E-state index in [1.54, 1.807) is 36.4 Å². The number of hydrogen-bond acceptors (Lipinski definition) is 6. The number of benzene rings is 1. The van der Waals surface area contributed by atoms with E-state index in [0.717, 1.165) is 0 Å². The van der Waals surface area contributed by atoms with Crippen LogP contribution in [0.4, 0.5) is 0 Å². The first-order valence-electron chi connectivity index (χ1n) is 7.69. The lowest BCUT2D eigenvalue weighted by Gasteiger charge is -2.28. The van der Waals surface area contributed by atoms with Crippen molar-refractivity contribution in [3.05, 3.63) is 36.0 Å². The number of sulfonamides is 1. The summed E-state index contributed by atoms with van der Waals surface area (Å²) in [5, 5.41) is 8.77. The van der Waals surface area contributed by atoms with Gasteiger partial charge in [-0.05, 0) is 25.0 Å². The average Bonchev–Trinajstić information content (AvgIpc) is 3.08. The molecular weight excluding hydrogens is 344 g/mol. The summed E-state index contributed by atoms with van der Waals surface area (Å²) in [6, 6.07) is 10.5. The molecule has 1 aromatic heterocycles. The maximum Gasteiger partial charge on any atom is 0.279 e. The lowest BCUT2D eigenvalue weighted by atomic mass is 9.98. The van der Waals surface area contributed by atoms with E-state index >= 15 is 0 Å². The Bertz CT molecular complexity index is 923. The molecule has 1 amide bonds. The number of carbonyl (C=O) groups is 1. The largest absolute Gasteiger partial charge is 0.422 e. The van der Waals surface area contributed by atoms with Crippen LogP contribution in [-0.2, 0) is 14.8 Å². The molecule has 0 spiro atoms. The van der Waals surface area contributed by atoms with Gasteiger partial charge in [-0.1, -0.05) is 18.2 Å². The monoisotopic (exact) mass is 360 g/mol. The fourth-order valence-electron chi connectivity index (χ4n) is 2.75. The number of oxazole rings is 1. The van der Waals surface area contributed by atoms with Crippen LogP contribution in [-0.4, -0.2) is 36.7 Å². The molecule has 0 unspecified atom stereocenters. The standard InChI is InChI=1S/C16H16N4O4S/c17-10-13-16(24-15(19-13)12-4-2-1-3-5-12)25(22,23)20-8-6-11(7-9-20)14(18)21/h1-5,11H,6-9H2,(H2,18,21). The van der Waals surface area contributed by atoms with Gasteiger partial charge < -0.3 is 10.2 Å². The second kappa shape index (κ2) is 6.66. The smallest absolute Gasteiger partial charge is 0.279 e. The summed E-state index contributed by atoms with van der Waals surface area (Å²) in [6.45, 7) is 0.282. The normalized spacial score (nSPS) is 16.4. The summed E-state index contributed by atoms with van der Waals surface area (Å²) >= 11 is 0. The van der Waals surface area contributed by atoms with Crippen molar-refractivity contribution in [2.75, 3.05) is 13.1 Å². The molecule has 0 radical (unpaired) electrons. The zero-order valence-electron chi connectivity index (χ0n) is 13.3. The second-order valence-electron chi connectivity index (χ2n) is 5.71. The third-order valence-electron chi connectivity index (χ3n) is 4.15. The lowest BCUT2D eigenvalue weighted by Crippen LogP contribution is -2.41. The van der Waals surface area contributed by atoms with Crippen LogP contribution in [0.5, 0.6) is 0 Å². The van der Waals surface area contributed by atoms with E-state index in [2.05, 4.69) is 4.98 Å². The van der Waals surface area contributed by atoms with Crippen LogP contribution in [0.25, 0.3) is 11.5 Å². The van der Waals surface area contributed by atoms with Crippen LogP contribution >= 0.6 is 0 Å². The number of aromatic nitrogens is 1. The van der Waals surface area contributed by atoms with Crippen molar-refractivity contribution in [1.82, 2.24) is 9.29 Å². The first-order valence-corrected chi connectivity index (χ1v) is 9.13. The Morgan fingerprint density at radius 1 is 1.28 bits per heavy atom. The quantitative estimate of drug-likeness (QED) is 0.869. The number of nitrogens with zero attached hydrogens (tertiary/aromatic N) is 3. The van der Waals surface area contributed by atoms with Crippen LogP contribution in [0.2, 0.25) is 0 Å². The average molecular weight is 360 g/mol. The minimum atomic E-state index is -4.01. The highest BCUT2D eigenvalue weighted by Gasteiger charge is 2.36. The van der Waals surface area contributed by atoms with E-state index in [1.165, 1.54) is 4.31 Å². The third-order valence-corrected chi connectivity index (χ3v) is 5.94. The van der Waals surface area contributed by atoms with E-state index < -0.39 is 21.0 Å². The lowest BCUT2D eigenvalue weighted by molar-refractivity contribution is -0.122. The van der Waals surface area contributed by atoms with Crippen molar-refractivity contribution in [3.8, 4) is 17.5 Å². The molecule has 2 N–H and O–H groups in total. The zero-order valence-corrected chi connectivity index (χ0v) is 14.1. The molecule has 1 aliphatic heterocycles. The van der Waals surface area contributed by atoms with E-state index in [1.807, 2.05) is 0 Å². The van der Waals surface area contributed by atoms with E-state index in [0.29, 0.717) is 18.4 Å². The fraction of sp³-hybridized carbons (Fsp3) is 0.312. The second-order valence-corrected chi connectivity index (χ2v) is 7.55. The van der Waals surface area contributed by atoms with Crippen LogP contribution in [0.1, 0.15) is 18.5 Å². The van der Waals surface area contributed by atoms with Crippen molar-refractivity contribution in [2.24, 2.45) is 11.7 Å². The van der Waals surface area contributed by atoms with Crippen molar-refractivity contribution in [1.29, 1.82) is 5.26 Å². The van der Waals surface area contributed by atoms with E-state index in [4.69, 9.17) is 10.2 Å². The van der Waals surface area contributed by atoms with Gasteiger partial charge in [0, 0.05) is 24.6 Å². The molecule has 1 aromatic carbocycles. The van der Waals surface area contributed by atoms with Crippen molar-refractivity contribution >= 4 is 15.9 Å². The fourth-order valence-corrected chi connectivity index (χ4v) is 4.20. The third kappa shape index (κ3) is 3.26. The SMILES string of the molecule is N#Cc1nc(-c2ccccc2)oc1S(=O)(=O)N1CCC(C(N)=O)CC1. The molecule has 3 rings (SSSR count). The molecule has 0 bridgehead atoms. The van der Waals surface area contributed by atoms with Gasteiger partial charge in [-0.2, -0.15) is 14.6 Å². The number of hydrogen-bond donors (Lipinski definition) is 1. The van der Waals surface area contributed by atoms with Crippen LogP contribution < -0.4 is 5.73 Å². The summed E-state index contributed by atoms with van der Waals surface area (Å²) in [6.07, 6.45) is 0.687. The minimum absolute atomic E-state index is 0.0720. The Morgan fingerprint density at radius 2 is 1.92 bits per heavy atom. The Labute approximate surface area is 144 Å². The highest BCUT2D eigenvalue weighted by molar-refractivity contribution is 7.89. The minimum Gasteiger partial charge on any atom is -0.422 e. The Balaban J connectivity index is 1.92. The highest BCUT2D eigenvalue weighted by Crippen LogP contribution is 2.29. The molecule has 9 heteroatoms. The van der Waals surface area contributed by atoms with Crippen molar-refractivity contribution < 1.29 is 17.6 Å². The number of carbonyl (C=O) groups excluding carboxylic acids is 1. The molecule has 8 nitrogen and oxygen atoms in total. The number of amides is 1. The molecule has 25 heavy (non-hydrogen) atoms. The molecule has 2 aromatic rings. The van der Waals surface area contributed by atoms with Crippen LogP contribution in [0.15, 0.2) is 39.8 Å². The Hall–Kier alpha value is -2.70. The molecule has 130 valence electrons. The maximum absolute atomic E-state index is 12.8. The number of rotatable bonds is 4. The molecule has 1 aliphatic rings. The predicted molar refractivity (Wildman–Crippen MR) is 87.3 cm³/mol. The van der Waals surface area contributed by atoms with E-state index in [9.17, 15) is 18.5 Å². The first-order chi connectivity index (χ1) is 11.9. The molecule has 0 aliphatic carbocycles. The number of piperidine rings is 1. The van der Waals surface area contributed by atoms with Gasteiger partial charge in [0.2, 0.25) is 11.8 Å². The summed E-state index contributed by atoms with van der Waals surface area (Å²) in [4.78, 5) is 15.2. The number of nitrogens with two attached hydrogens (primary N) is 1. The van der Waals surface area contributed by atoms with Crippen LogP contribution in [0, 0.1) is 17.2 Å². The summed E-state index contributed by atoms with van der Waals surface area (Å²) < 4.78 is 32.3. The van der Waals surface area contributed by atoms with Crippen LogP contribution in [0.3, 0.4) is 0 Å². The summed E-state index contributed by atoms with van der Waals surface area (Å²) in [5.74, 6) is -0.694. The number of primary amides is 1. The zero-order chi connectivity index (χ0) is 18.0. The summed E-state index contributed by atoms with van der Waals surface area (Å²) in [7, 11) is -4.01. The van der Waals surface area contributed by atoms with Gasteiger partial charge in [0.15, 0.2) is 5.69 Å². The van der Waals surface area contributed by atoms with Gasteiger partial charge in [-0.25, -0.2) is 8.42 Å². The Kier molecular flexibility index (Phi) is 4.57. The van der Waals surface area contributed by atoms with Gasteiger partial charge in [0.25, 0.3) is 15.1 Å². The van der Waals surface area contributed by atoms with Crippen molar-refractivity contribution in [3.63, 3.8) is 0 Å². The predicted octanol–water partition coefficient (Wildman–Crippen LogP) is 1.10. The van der Waals surface area contributed by atoms with Gasteiger partial charge >= 0.3 is 0 Å². The summed E-state index contributed by atoms with van der Waals surface area (Å²) in [5.41, 5.74) is 5.56. The molecule has 1 fully saturated rings. The van der Waals surface area contributed by atoms with Gasteiger partial charge in [-0.3, -0.25) is 4.79 Å². The molecule has 0 atom stereocenters. The number of nitriles is 1. The van der Waals surface area contributed by atoms with Gasteiger partial charge in [0.1, 0.15) is 6.07 Å². The molecule has 1 saturated heterocycles. The Morgan fingerprint density at radius 3 is 2.48 bits per heavy atom.